The first-order valence-electron chi connectivity index (χ1n) is 11.1. The maximum absolute atomic E-state index is 13.6. The molecular weight excluding hydrogens is 392 g/mol. The number of imidazole rings is 1. The van der Waals surface area contributed by atoms with Gasteiger partial charge in [-0.1, -0.05) is 0 Å². The Bertz CT molecular complexity index is 1280. The van der Waals surface area contributed by atoms with Gasteiger partial charge < -0.3 is 14.0 Å². The van der Waals surface area contributed by atoms with Crippen molar-refractivity contribution in [2.24, 2.45) is 17.1 Å². The molecule has 0 radical (unpaired) electrons. The van der Waals surface area contributed by atoms with Gasteiger partial charge >= 0.3 is 0 Å². The van der Waals surface area contributed by atoms with Gasteiger partial charge in [-0.2, -0.15) is 5.10 Å². The number of aromatic nitrogens is 4. The van der Waals surface area contributed by atoms with Crippen molar-refractivity contribution in [3.63, 3.8) is 0 Å². The molecule has 0 bridgehead atoms. The molecule has 0 atom stereocenters. The monoisotopic (exact) mass is 418 g/mol. The third-order valence-electron chi connectivity index (χ3n) is 6.37. The Labute approximate surface area is 179 Å². The van der Waals surface area contributed by atoms with Gasteiger partial charge in [0.1, 0.15) is 22.7 Å². The number of hydrogen-bond donors (Lipinski definition) is 1. The van der Waals surface area contributed by atoms with Crippen molar-refractivity contribution in [3.8, 4) is 0 Å². The zero-order valence-electron chi connectivity index (χ0n) is 18.1. The molecule has 0 spiro atoms. The molecule has 1 N–H and O–H groups in total. The van der Waals surface area contributed by atoms with Crippen molar-refractivity contribution >= 4 is 45.3 Å². The molecule has 9 nitrogen and oxygen atoms in total. The summed E-state index contributed by atoms with van der Waals surface area (Å²) in [5.41, 5.74) is 7.15. The first kappa shape index (κ1) is 18.5. The van der Waals surface area contributed by atoms with Crippen LogP contribution in [0.2, 0.25) is 0 Å². The Kier molecular flexibility index (Phi) is 3.97. The van der Waals surface area contributed by atoms with Gasteiger partial charge in [0.2, 0.25) is 0 Å². The molecule has 0 unspecified atom stereocenters. The second-order valence-corrected chi connectivity index (χ2v) is 8.87. The number of fused-ring (bicyclic) bond motifs is 3. The van der Waals surface area contributed by atoms with Crippen LogP contribution in [0.1, 0.15) is 56.4 Å². The number of aryl methyl sites for hydroxylation is 2. The van der Waals surface area contributed by atoms with Gasteiger partial charge in [0.15, 0.2) is 5.82 Å². The number of hydrazone groups is 1. The molecule has 3 aromatic heterocycles. The van der Waals surface area contributed by atoms with E-state index in [1.165, 1.54) is 0 Å². The van der Waals surface area contributed by atoms with E-state index >= 15 is 0 Å². The molecule has 3 aromatic rings. The average Bonchev–Trinajstić information content (AvgIpc) is 3.66. The average molecular weight is 419 g/mol. The van der Waals surface area contributed by atoms with Crippen LogP contribution in [0.25, 0.3) is 22.1 Å². The summed E-state index contributed by atoms with van der Waals surface area (Å²) in [6.07, 6.45) is 6.93. The van der Waals surface area contributed by atoms with E-state index in [1.807, 2.05) is 29.2 Å². The predicted molar refractivity (Wildman–Crippen MR) is 120 cm³/mol. The lowest BCUT2D eigenvalue weighted by atomic mass is 10.2. The highest BCUT2D eigenvalue weighted by Gasteiger charge is 2.43. The van der Waals surface area contributed by atoms with Gasteiger partial charge in [-0.3, -0.25) is 10.2 Å². The normalized spacial score (nSPS) is 20.0. The van der Waals surface area contributed by atoms with Crippen LogP contribution in [-0.4, -0.2) is 53.5 Å². The second-order valence-electron chi connectivity index (χ2n) is 8.87. The van der Waals surface area contributed by atoms with E-state index in [4.69, 9.17) is 9.98 Å². The summed E-state index contributed by atoms with van der Waals surface area (Å²) in [5, 5.41) is 5.16. The first-order valence-corrected chi connectivity index (χ1v) is 11.1. The minimum absolute atomic E-state index is 0.134. The molecule has 2 aliphatic carbocycles. The Balaban J connectivity index is 1.54. The maximum atomic E-state index is 13.6. The highest BCUT2D eigenvalue weighted by atomic mass is 16.2. The van der Waals surface area contributed by atoms with Gasteiger partial charge in [0.05, 0.1) is 11.8 Å². The minimum Gasteiger partial charge on any atom is -0.333 e. The highest BCUT2D eigenvalue weighted by molar-refractivity contribution is 6.11. The van der Waals surface area contributed by atoms with Crippen LogP contribution < -0.4 is 5.43 Å². The van der Waals surface area contributed by atoms with E-state index in [2.05, 4.69) is 27.3 Å². The summed E-state index contributed by atoms with van der Waals surface area (Å²) < 4.78 is 4.02. The summed E-state index contributed by atoms with van der Waals surface area (Å²) in [7, 11) is 1.97. The van der Waals surface area contributed by atoms with Crippen LogP contribution in [0.3, 0.4) is 0 Å². The molecule has 3 aliphatic rings. The highest BCUT2D eigenvalue weighted by Crippen LogP contribution is 2.39. The van der Waals surface area contributed by atoms with Crippen molar-refractivity contribution in [2.45, 2.75) is 64.6 Å². The Morgan fingerprint density at radius 3 is 2.65 bits per heavy atom. The summed E-state index contributed by atoms with van der Waals surface area (Å²) in [6, 6.07) is 2.83. The first-order chi connectivity index (χ1) is 15.0. The third kappa shape index (κ3) is 2.94. The maximum Gasteiger partial charge on any atom is 0.271 e. The van der Waals surface area contributed by atoms with Crippen molar-refractivity contribution < 1.29 is 4.79 Å². The van der Waals surface area contributed by atoms with E-state index in [1.54, 1.807) is 6.33 Å². The topological polar surface area (TPSA) is 92.7 Å². The smallest absolute Gasteiger partial charge is 0.271 e. The summed E-state index contributed by atoms with van der Waals surface area (Å²) in [6.45, 7) is 4.69. The van der Waals surface area contributed by atoms with Gasteiger partial charge in [-0.15, -0.1) is 0 Å². The molecule has 0 aromatic carbocycles. The number of amidine groups is 1. The predicted octanol–water partition coefficient (Wildman–Crippen LogP) is 3.11. The van der Waals surface area contributed by atoms with Crippen LogP contribution in [0.4, 0.5) is 5.82 Å². The standard InChI is InChI=1S/C22H26N8O/c1-4-29-16(22(31)30(13-5-6-13)14-7-8-14)10-15-19-18(23-11-28(19)3)20(25-21(15)29)24-17-9-12(2)26-27-17/h10-11,13-14H,4-9H2,1-3H3,(H,24,25,27). The fraction of sp³-hybridized carbons (Fsp3) is 0.500. The number of carbonyl (C=O) groups excluding carboxylic acids is 1. The van der Waals surface area contributed by atoms with E-state index in [0.29, 0.717) is 36.6 Å². The van der Waals surface area contributed by atoms with Crippen LogP contribution in [-0.2, 0) is 13.6 Å². The third-order valence-corrected chi connectivity index (χ3v) is 6.37. The van der Waals surface area contributed by atoms with Crippen molar-refractivity contribution in [1.82, 2.24) is 29.4 Å². The molecule has 1 aliphatic heterocycles. The number of aliphatic imine (C=N–C) groups is 1. The largest absolute Gasteiger partial charge is 0.333 e. The SMILES string of the molecule is CCn1c(C(=O)N(C2CC2)C2CC2)cc2c3c(ncn3C)c(/N=C3/CC(C)=NN3)nc21. The Morgan fingerprint density at radius 1 is 1.29 bits per heavy atom. The van der Waals surface area contributed by atoms with E-state index in [0.717, 1.165) is 59.3 Å². The quantitative estimate of drug-likeness (QED) is 0.689. The molecule has 9 heteroatoms. The fourth-order valence-corrected chi connectivity index (χ4v) is 4.61. The lowest BCUT2D eigenvalue weighted by Crippen LogP contribution is -2.36. The molecule has 1 amide bonds. The number of carbonyl (C=O) groups is 1. The summed E-state index contributed by atoms with van der Waals surface area (Å²) in [4.78, 5) is 30.0. The van der Waals surface area contributed by atoms with Gasteiger partial charge in [0.25, 0.3) is 5.91 Å². The summed E-state index contributed by atoms with van der Waals surface area (Å²) >= 11 is 0. The van der Waals surface area contributed by atoms with Crippen molar-refractivity contribution in [2.75, 3.05) is 0 Å². The van der Waals surface area contributed by atoms with Crippen LogP contribution >= 0.6 is 0 Å². The van der Waals surface area contributed by atoms with E-state index in [9.17, 15) is 4.79 Å². The van der Waals surface area contributed by atoms with E-state index in [-0.39, 0.29) is 5.91 Å². The van der Waals surface area contributed by atoms with Crippen molar-refractivity contribution in [1.29, 1.82) is 0 Å². The number of rotatable bonds is 5. The lowest BCUT2D eigenvalue weighted by molar-refractivity contribution is 0.0719. The Hall–Kier alpha value is -3.23. The molecule has 0 saturated heterocycles. The number of nitrogens with one attached hydrogen (secondary N) is 1. The molecular formula is C22H26N8O. The molecule has 2 saturated carbocycles. The molecule has 160 valence electrons. The van der Waals surface area contributed by atoms with Crippen LogP contribution in [0, 0.1) is 0 Å². The van der Waals surface area contributed by atoms with E-state index < -0.39 is 0 Å². The number of amides is 1. The van der Waals surface area contributed by atoms with Crippen LogP contribution in [0.15, 0.2) is 22.5 Å². The summed E-state index contributed by atoms with van der Waals surface area (Å²) in [5.74, 6) is 1.45. The fourth-order valence-electron chi connectivity index (χ4n) is 4.61. The number of nitrogens with zero attached hydrogens (tertiary/aromatic N) is 7. The second kappa shape index (κ2) is 6.63. The number of hydrogen-bond acceptors (Lipinski definition) is 5. The van der Waals surface area contributed by atoms with Gasteiger partial charge in [0, 0.05) is 43.2 Å². The van der Waals surface area contributed by atoms with Gasteiger partial charge in [-0.25, -0.2) is 15.0 Å². The van der Waals surface area contributed by atoms with Crippen LogP contribution in [0.5, 0.6) is 0 Å². The zero-order valence-corrected chi connectivity index (χ0v) is 18.1. The Morgan fingerprint density at radius 2 is 2.03 bits per heavy atom. The minimum atomic E-state index is 0.134. The molecule has 2 fully saturated rings. The lowest BCUT2D eigenvalue weighted by Gasteiger charge is -2.22. The van der Waals surface area contributed by atoms with Crippen molar-refractivity contribution in [3.05, 3.63) is 18.1 Å². The molecule has 31 heavy (non-hydrogen) atoms. The zero-order chi connectivity index (χ0) is 21.3. The van der Waals surface area contributed by atoms with Gasteiger partial charge in [-0.05, 0) is 45.6 Å². The molecule has 4 heterocycles. The number of pyridine rings is 1. The molecule has 6 rings (SSSR count).